The third-order valence-corrected chi connectivity index (χ3v) is 4.83. The van der Waals surface area contributed by atoms with Gasteiger partial charge in [0.2, 0.25) is 0 Å². The Morgan fingerprint density at radius 3 is 2.31 bits per heavy atom. The van der Waals surface area contributed by atoms with Crippen molar-refractivity contribution in [3.05, 3.63) is 0 Å². The molecule has 1 heteroatoms. The van der Waals surface area contributed by atoms with E-state index in [1.165, 1.54) is 57.9 Å². The summed E-state index contributed by atoms with van der Waals surface area (Å²) in [7, 11) is 0. The molecule has 0 bridgehead atoms. The molecular formula is C12H21N. The predicted molar refractivity (Wildman–Crippen MR) is 54.6 cm³/mol. The Labute approximate surface area is 81.3 Å². The first-order valence-corrected chi connectivity index (χ1v) is 6.12. The zero-order chi connectivity index (χ0) is 8.73. The monoisotopic (exact) mass is 179 g/mol. The zero-order valence-electron chi connectivity index (χ0n) is 8.52. The molecule has 2 saturated carbocycles. The average molecular weight is 179 g/mol. The molecule has 3 rings (SSSR count). The first-order chi connectivity index (χ1) is 6.39. The topological polar surface area (TPSA) is 12.0 Å². The van der Waals surface area contributed by atoms with Crippen molar-refractivity contribution < 1.29 is 0 Å². The largest absolute Gasteiger partial charge is 0.313 e. The highest BCUT2D eigenvalue weighted by molar-refractivity contribution is 5.07. The SMILES string of the molecule is C1CCC(CC2NCC23CCC3)C1. The van der Waals surface area contributed by atoms with Gasteiger partial charge >= 0.3 is 0 Å². The minimum Gasteiger partial charge on any atom is -0.313 e. The van der Waals surface area contributed by atoms with E-state index < -0.39 is 0 Å². The third kappa shape index (κ3) is 1.24. The maximum absolute atomic E-state index is 3.67. The Bertz CT molecular complexity index is 184. The van der Waals surface area contributed by atoms with E-state index in [0.29, 0.717) is 0 Å². The summed E-state index contributed by atoms with van der Waals surface area (Å²) in [5.74, 6) is 1.08. The maximum Gasteiger partial charge on any atom is 0.0138 e. The zero-order valence-corrected chi connectivity index (χ0v) is 8.52. The van der Waals surface area contributed by atoms with E-state index in [-0.39, 0.29) is 0 Å². The Hall–Kier alpha value is -0.0400. The normalized spacial score (nSPS) is 37.4. The van der Waals surface area contributed by atoms with Gasteiger partial charge in [-0.25, -0.2) is 0 Å². The van der Waals surface area contributed by atoms with E-state index in [9.17, 15) is 0 Å². The average Bonchev–Trinajstić information content (AvgIpc) is 2.47. The van der Waals surface area contributed by atoms with Gasteiger partial charge in [-0.2, -0.15) is 0 Å². The van der Waals surface area contributed by atoms with Crippen molar-refractivity contribution in [2.45, 2.75) is 57.4 Å². The summed E-state index contributed by atoms with van der Waals surface area (Å²) in [5, 5.41) is 3.67. The van der Waals surface area contributed by atoms with Crippen LogP contribution in [0.2, 0.25) is 0 Å². The second kappa shape index (κ2) is 2.98. The molecule has 2 aliphatic carbocycles. The van der Waals surface area contributed by atoms with Crippen molar-refractivity contribution in [3.63, 3.8) is 0 Å². The van der Waals surface area contributed by atoms with Gasteiger partial charge in [0.05, 0.1) is 0 Å². The molecule has 3 aliphatic rings. The fourth-order valence-corrected chi connectivity index (χ4v) is 3.60. The van der Waals surface area contributed by atoms with Crippen LogP contribution < -0.4 is 5.32 Å². The van der Waals surface area contributed by atoms with Crippen molar-refractivity contribution in [3.8, 4) is 0 Å². The highest BCUT2D eigenvalue weighted by Gasteiger charge is 2.50. The smallest absolute Gasteiger partial charge is 0.0138 e. The van der Waals surface area contributed by atoms with Gasteiger partial charge in [-0.3, -0.25) is 0 Å². The fraction of sp³-hybridized carbons (Fsp3) is 1.00. The summed E-state index contributed by atoms with van der Waals surface area (Å²) >= 11 is 0. The van der Waals surface area contributed by atoms with Crippen LogP contribution >= 0.6 is 0 Å². The Morgan fingerprint density at radius 2 is 1.85 bits per heavy atom. The van der Waals surface area contributed by atoms with Crippen LogP contribution in [0.5, 0.6) is 0 Å². The molecule has 1 nitrogen and oxygen atoms in total. The number of hydrogen-bond donors (Lipinski definition) is 1. The molecule has 0 aromatic carbocycles. The molecule has 1 heterocycles. The third-order valence-electron chi connectivity index (χ3n) is 4.83. The Kier molecular flexibility index (Phi) is 1.90. The van der Waals surface area contributed by atoms with Gasteiger partial charge in [0.15, 0.2) is 0 Å². The number of rotatable bonds is 2. The summed E-state index contributed by atoms with van der Waals surface area (Å²) in [6.45, 7) is 1.34. The van der Waals surface area contributed by atoms with Gasteiger partial charge < -0.3 is 5.32 Å². The molecule has 0 amide bonds. The van der Waals surface area contributed by atoms with Gasteiger partial charge in [0.25, 0.3) is 0 Å². The van der Waals surface area contributed by atoms with Crippen molar-refractivity contribution in [2.24, 2.45) is 11.3 Å². The minimum atomic E-state index is 0.808. The molecule has 1 atom stereocenters. The van der Waals surface area contributed by atoms with Crippen LogP contribution in [-0.4, -0.2) is 12.6 Å². The standard InChI is InChI=1S/C12H21N/c1-2-5-10(4-1)8-11-12(9-13-11)6-3-7-12/h10-11,13H,1-9H2. The number of hydrogen-bond acceptors (Lipinski definition) is 1. The Balaban J connectivity index is 1.54. The lowest BCUT2D eigenvalue weighted by molar-refractivity contribution is -0.0155. The van der Waals surface area contributed by atoms with Crippen molar-refractivity contribution in [2.75, 3.05) is 6.54 Å². The van der Waals surface area contributed by atoms with Crippen LogP contribution in [0.1, 0.15) is 51.4 Å². The summed E-state index contributed by atoms with van der Waals surface area (Å²) in [5.41, 5.74) is 0.808. The lowest BCUT2D eigenvalue weighted by Gasteiger charge is -2.57. The van der Waals surface area contributed by atoms with Crippen LogP contribution in [0, 0.1) is 11.3 Å². The van der Waals surface area contributed by atoms with Crippen molar-refractivity contribution >= 4 is 0 Å². The Morgan fingerprint density at radius 1 is 1.08 bits per heavy atom. The van der Waals surface area contributed by atoms with Crippen LogP contribution in [0.15, 0.2) is 0 Å². The molecule has 0 aromatic heterocycles. The minimum absolute atomic E-state index is 0.808. The molecule has 3 fully saturated rings. The van der Waals surface area contributed by atoms with Crippen LogP contribution in [0.4, 0.5) is 0 Å². The molecule has 0 radical (unpaired) electrons. The predicted octanol–water partition coefficient (Wildman–Crippen LogP) is 2.71. The van der Waals surface area contributed by atoms with Gasteiger partial charge in [0.1, 0.15) is 0 Å². The molecular weight excluding hydrogens is 158 g/mol. The molecule has 13 heavy (non-hydrogen) atoms. The van der Waals surface area contributed by atoms with E-state index >= 15 is 0 Å². The summed E-state index contributed by atoms with van der Waals surface area (Å²) in [4.78, 5) is 0. The molecule has 1 saturated heterocycles. The van der Waals surface area contributed by atoms with E-state index in [4.69, 9.17) is 0 Å². The quantitative estimate of drug-likeness (QED) is 0.687. The number of nitrogens with one attached hydrogen (secondary N) is 1. The van der Waals surface area contributed by atoms with E-state index in [0.717, 1.165) is 17.4 Å². The van der Waals surface area contributed by atoms with E-state index in [1.54, 1.807) is 0 Å². The summed E-state index contributed by atoms with van der Waals surface area (Å²) in [6.07, 6.45) is 12.1. The molecule has 1 unspecified atom stereocenters. The fourth-order valence-electron chi connectivity index (χ4n) is 3.60. The molecule has 1 aliphatic heterocycles. The van der Waals surface area contributed by atoms with E-state index in [1.807, 2.05) is 0 Å². The summed E-state index contributed by atoms with van der Waals surface area (Å²) in [6, 6.07) is 0.921. The first kappa shape index (κ1) is 8.28. The highest BCUT2D eigenvalue weighted by atomic mass is 15.1. The first-order valence-electron chi connectivity index (χ1n) is 6.12. The second-order valence-electron chi connectivity index (χ2n) is 5.54. The molecule has 1 spiro atoms. The molecule has 1 N–H and O–H groups in total. The maximum atomic E-state index is 3.67. The lowest BCUT2D eigenvalue weighted by atomic mass is 9.58. The molecule has 74 valence electrons. The molecule has 0 aromatic rings. The van der Waals surface area contributed by atoms with Gasteiger partial charge in [-0.05, 0) is 30.6 Å². The van der Waals surface area contributed by atoms with Crippen molar-refractivity contribution in [1.29, 1.82) is 0 Å². The van der Waals surface area contributed by atoms with Gasteiger partial charge in [-0.1, -0.05) is 32.1 Å². The van der Waals surface area contributed by atoms with Crippen molar-refractivity contribution in [1.82, 2.24) is 5.32 Å². The van der Waals surface area contributed by atoms with Gasteiger partial charge in [-0.15, -0.1) is 0 Å². The van der Waals surface area contributed by atoms with Crippen LogP contribution in [-0.2, 0) is 0 Å². The van der Waals surface area contributed by atoms with Crippen LogP contribution in [0.3, 0.4) is 0 Å². The van der Waals surface area contributed by atoms with Gasteiger partial charge in [0, 0.05) is 12.6 Å². The van der Waals surface area contributed by atoms with Crippen LogP contribution in [0.25, 0.3) is 0 Å². The second-order valence-corrected chi connectivity index (χ2v) is 5.54. The lowest BCUT2D eigenvalue weighted by Crippen LogP contribution is -2.65. The van der Waals surface area contributed by atoms with E-state index in [2.05, 4.69) is 5.32 Å². The highest BCUT2D eigenvalue weighted by Crippen LogP contribution is 2.50. The summed E-state index contributed by atoms with van der Waals surface area (Å²) < 4.78 is 0.